The average Bonchev–Trinajstić information content (AvgIpc) is 3.43. The van der Waals surface area contributed by atoms with Crippen LogP contribution >= 0.6 is 0 Å². The van der Waals surface area contributed by atoms with Crippen molar-refractivity contribution in [3.63, 3.8) is 0 Å². The van der Waals surface area contributed by atoms with Crippen LogP contribution in [0.3, 0.4) is 0 Å². The number of carbonyl (C=O) groups is 1. The minimum absolute atomic E-state index is 0.00848. The Morgan fingerprint density at radius 1 is 1.23 bits per heavy atom. The van der Waals surface area contributed by atoms with Crippen LogP contribution in [0.25, 0.3) is 0 Å². The molecular weight excluding hydrogens is 378 g/mol. The lowest BCUT2D eigenvalue weighted by molar-refractivity contribution is -0.139. The molecule has 0 radical (unpaired) electrons. The Bertz CT molecular complexity index is 882. The number of ether oxygens (including phenoxy) is 1. The monoisotopic (exact) mass is 409 g/mol. The minimum atomic E-state index is -0.106. The molecule has 1 saturated heterocycles. The van der Waals surface area contributed by atoms with Crippen LogP contribution < -0.4 is 0 Å². The molecule has 0 unspecified atom stereocenters. The molecule has 1 amide bonds. The van der Waals surface area contributed by atoms with E-state index in [1.807, 2.05) is 54.7 Å². The molecule has 0 saturated carbocycles. The van der Waals surface area contributed by atoms with Crippen LogP contribution in [-0.2, 0) is 9.53 Å². The highest BCUT2D eigenvalue weighted by Gasteiger charge is 2.35. The van der Waals surface area contributed by atoms with Gasteiger partial charge in [0.2, 0.25) is 5.91 Å². The van der Waals surface area contributed by atoms with Crippen LogP contribution in [-0.4, -0.2) is 56.1 Å². The summed E-state index contributed by atoms with van der Waals surface area (Å²) in [5.74, 6) is 6.08. The Kier molecular flexibility index (Phi) is 7.58. The molecule has 0 aromatic carbocycles. The smallest absolute Gasteiger partial charge is 0.228 e. The molecule has 0 aliphatic carbocycles. The summed E-state index contributed by atoms with van der Waals surface area (Å²) in [6, 6.07) is 5.76. The van der Waals surface area contributed by atoms with E-state index in [1.54, 1.807) is 6.20 Å². The van der Waals surface area contributed by atoms with Gasteiger partial charge in [-0.15, -0.1) is 5.10 Å². The normalized spacial score (nSPS) is 20.3. The summed E-state index contributed by atoms with van der Waals surface area (Å²) in [5.41, 5.74) is 1.33. The number of rotatable bonds is 7. The van der Waals surface area contributed by atoms with Gasteiger partial charge in [0.05, 0.1) is 30.4 Å². The van der Waals surface area contributed by atoms with Gasteiger partial charge in [0.15, 0.2) is 5.69 Å². The molecule has 0 N–H and O–H groups in total. The number of hydrogen-bond acceptors (Lipinski definition) is 5. The first-order valence-electron chi connectivity index (χ1n) is 10.8. The van der Waals surface area contributed by atoms with Gasteiger partial charge in [-0.2, -0.15) is 0 Å². The Hall–Kier alpha value is -2.72. The second-order valence-electron chi connectivity index (χ2n) is 7.81. The summed E-state index contributed by atoms with van der Waals surface area (Å²) in [6.07, 6.45) is 6.41. The molecule has 3 rings (SSSR count). The van der Waals surface area contributed by atoms with Gasteiger partial charge in [0.25, 0.3) is 0 Å². The average molecular weight is 410 g/mol. The maximum absolute atomic E-state index is 12.6. The van der Waals surface area contributed by atoms with Crippen molar-refractivity contribution in [2.45, 2.75) is 65.2 Å². The number of carbonyl (C=O) groups excluding carboxylic acids is 1. The maximum Gasteiger partial charge on any atom is 0.228 e. The van der Waals surface area contributed by atoms with Crippen molar-refractivity contribution in [3.05, 3.63) is 42.0 Å². The van der Waals surface area contributed by atoms with Crippen molar-refractivity contribution in [1.82, 2.24) is 24.9 Å². The van der Waals surface area contributed by atoms with E-state index in [-0.39, 0.29) is 30.1 Å². The fourth-order valence-electron chi connectivity index (χ4n) is 3.86. The van der Waals surface area contributed by atoms with Gasteiger partial charge >= 0.3 is 0 Å². The van der Waals surface area contributed by atoms with Gasteiger partial charge in [-0.05, 0) is 64.0 Å². The van der Waals surface area contributed by atoms with Crippen LogP contribution in [0.15, 0.2) is 30.6 Å². The molecule has 1 aliphatic heterocycles. The molecule has 0 bridgehead atoms. The van der Waals surface area contributed by atoms with E-state index in [0.717, 1.165) is 32.4 Å². The van der Waals surface area contributed by atoms with Gasteiger partial charge < -0.3 is 9.64 Å². The minimum Gasteiger partial charge on any atom is -0.374 e. The zero-order chi connectivity index (χ0) is 21.5. The Morgan fingerprint density at radius 2 is 2.00 bits per heavy atom. The number of nitrogens with zero attached hydrogens (tertiary/aromatic N) is 5. The number of amides is 1. The van der Waals surface area contributed by atoms with Gasteiger partial charge in [0, 0.05) is 19.3 Å². The maximum atomic E-state index is 12.6. The first kappa shape index (κ1) is 22.0. The van der Waals surface area contributed by atoms with Gasteiger partial charge in [-0.25, -0.2) is 9.67 Å². The van der Waals surface area contributed by atoms with E-state index in [2.05, 4.69) is 34.1 Å². The van der Waals surface area contributed by atoms with Crippen molar-refractivity contribution >= 4 is 5.91 Å². The third-order valence-electron chi connectivity index (χ3n) is 5.71. The fraction of sp³-hybridized carbons (Fsp3) is 0.565. The Morgan fingerprint density at radius 3 is 2.70 bits per heavy atom. The van der Waals surface area contributed by atoms with E-state index >= 15 is 0 Å². The van der Waals surface area contributed by atoms with E-state index in [0.29, 0.717) is 11.4 Å². The fourth-order valence-corrected chi connectivity index (χ4v) is 3.86. The predicted molar refractivity (Wildman–Crippen MR) is 115 cm³/mol. The predicted octanol–water partition coefficient (Wildman–Crippen LogP) is 3.08. The van der Waals surface area contributed by atoms with Crippen molar-refractivity contribution in [2.24, 2.45) is 5.92 Å². The van der Waals surface area contributed by atoms with Crippen LogP contribution in [0, 0.1) is 17.8 Å². The Balaban J connectivity index is 1.53. The molecule has 4 atom stereocenters. The van der Waals surface area contributed by atoms with Crippen molar-refractivity contribution < 1.29 is 9.53 Å². The van der Waals surface area contributed by atoms with Crippen molar-refractivity contribution in [3.8, 4) is 11.8 Å². The SMILES string of the molecule is CCN(CC)C(=O)[C@H](C)[C@H]1CC[C@@H](C[C@@H](C)n2cc(C#Cc3ccccn3)nn2)O1. The molecule has 30 heavy (non-hydrogen) atoms. The standard InChI is InChI=1S/C23H31N5O2/c1-5-27(6-2)23(29)18(4)22-13-12-21(30-22)15-17(3)28-16-20(25-26-28)11-10-19-9-7-8-14-24-19/h7-9,14,16-18,21-22H,5-6,12-13,15H2,1-4H3/t17-,18-,21+,22-/m1/s1. The molecule has 2 aromatic heterocycles. The lowest BCUT2D eigenvalue weighted by Crippen LogP contribution is -2.39. The van der Waals surface area contributed by atoms with Crippen LogP contribution in [0.4, 0.5) is 0 Å². The molecule has 1 aliphatic rings. The largest absolute Gasteiger partial charge is 0.374 e. The van der Waals surface area contributed by atoms with Crippen LogP contribution in [0.5, 0.6) is 0 Å². The summed E-state index contributed by atoms with van der Waals surface area (Å²) in [6.45, 7) is 9.60. The van der Waals surface area contributed by atoms with Gasteiger partial charge in [0.1, 0.15) is 5.69 Å². The van der Waals surface area contributed by atoms with Crippen LogP contribution in [0.1, 0.15) is 64.4 Å². The molecule has 160 valence electrons. The highest BCUT2D eigenvalue weighted by Crippen LogP contribution is 2.31. The first-order valence-corrected chi connectivity index (χ1v) is 10.8. The van der Waals surface area contributed by atoms with Crippen molar-refractivity contribution in [1.29, 1.82) is 0 Å². The first-order chi connectivity index (χ1) is 14.5. The molecule has 3 heterocycles. The zero-order valence-corrected chi connectivity index (χ0v) is 18.3. The third kappa shape index (κ3) is 5.45. The van der Waals surface area contributed by atoms with Gasteiger partial charge in [-0.3, -0.25) is 4.79 Å². The second-order valence-corrected chi connectivity index (χ2v) is 7.81. The summed E-state index contributed by atoms with van der Waals surface area (Å²) >= 11 is 0. The lowest BCUT2D eigenvalue weighted by atomic mass is 9.99. The summed E-state index contributed by atoms with van der Waals surface area (Å²) in [5, 5.41) is 8.38. The van der Waals surface area contributed by atoms with Crippen LogP contribution in [0.2, 0.25) is 0 Å². The molecule has 1 fully saturated rings. The number of hydrogen-bond donors (Lipinski definition) is 0. The van der Waals surface area contributed by atoms with E-state index in [9.17, 15) is 4.79 Å². The van der Waals surface area contributed by atoms with Crippen molar-refractivity contribution in [2.75, 3.05) is 13.1 Å². The zero-order valence-electron chi connectivity index (χ0n) is 18.3. The molecule has 0 spiro atoms. The van der Waals surface area contributed by atoms with E-state index in [1.165, 1.54) is 0 Å². The molecule has 2 aromatic rings. The number of pyridine rings is 1. The second kappa shape index (κ2) is 10.4. The Labute approximate surface area is 178 Å². The highest BCUT2D eigenvalue weighted by molar-refractivity contribution is 5.79. The molecule has 7 heteroatoms. The highest BCUT2D eigenvalue weighted by atomic mass is 16.5. The van der Waals surface area contributed by atoms with E-state index in [4.69, 9.17) is 4.74 Å². The van der Waals surface area contributed by atoms with E-state index < -0.39 is 0 Å². The molecule has 7 nitrogen and oxygen atoms in total. The van der Waals surface area contributed by atoms with Gasteiger partial charge in [-0.1, -0.05) is 18.2 Å². The topological polar surface area (TPSA) is 73.1 Å². The summed E-state index contributed by atoms with van der Waals surface area (Å²) < 4.78 is 8.08. The lowest BCUT2D eigenvalue weighted by Gasteiger charge is -2.26. The summed E-state index contributed by atoms with van der Waals surface area (Å²) in [4.78, 5) is 18.7. The third-order valence-corrected chi connectivity index (χ3v) is 5.71. The summed E-state index contributed by atoms with van der Waals surface area (Å²) in [7, 11) is 0. The number of aromatic nitrogens is 4. The quantitative estimate of drug-likeness (QED) is 0.657. The molecular formula is C23H31N5O2.